The van der Waals surface area contributed by atoms with Crippen molar-refractivity contribution in [2.75, 3.05) is 7.11 Å². The van der Waals surface area contributed by atoms with Crippen molar-refractivity contribution < 1.29 is 9.16 Å². The molecule has 0 spiro atoms. The molecule has 0 aliphatic carbocycles. The Morgan fingerprint density at radius 3 is 2.15 bits per heavy atom. The average molecular weight is 360 g/mol. The quantitative estimate of drug-likeness (QED) is 0.699. The van der Waals surface area contributed by atoms with Crippen LogP contribution in [0.1, 0.15) is 40.2 Å². The maximum Gasteiger partial charge on any atom is 0.219 e. The van der Waals surface area contributed by atoms with Crippen molar-refractivity contribution in [3.63, 3.8) is 0 Å². The highest BCUT2D eigenvalue weighted by Gasteiger charge is 2.42. The first-order chi connectivity index (χ1) is 8.90. The summed E-state index contributed by atoms with van der Waals surface area (Å²) in [5, 5.41) is 0.164. The number of methoxy groups -OCH3 is 1. The second-order valence-electron chi connectivity index (χ2n) is 7.08. The van der Waals surface area contributed by atoms with Crippen LogP contribution in [-0.4, -0.2) is 20.4 Å². The molecule has 0 aliphatic rings. The minimum Gasteiger partial charge on any atom is -0.481 e. The zero-order valence-electron chi connectivity index (χ0n) is 13.8. The predicted molar refractivity (Wildman–Crippen MR) is 89.8 cm³/mol. The van der Waals surface area contributed by atoms with Gasteiger partial charge in [0.1, 0.15) is 0 Å². The molecule has 0 saturated heterocycles. The summed E-state index contributed by atoms with van der Waals surface area (Å²) >= 11 is 3.47. The predicted octanol–water partition coefficient (Wildman–Crippen LogP) is 5.11. The maximum atomic E-state index is 6.57. The SMILES string of the molecule is COc1ncc(Br)cc1C(C)(C)O[Si](C)(C)C(C)(C)C. The second kappa shape index (κ2) is 5.77. The topological polar surface area (TPSA) is 31.4 Å². The number of halogens is 1. The van der Waals surface area contributed by atoms with Gasteiger partial charge in [0.25, 0.3) is 0 Å². The summed E-state index contributed by atoms with van der Waals surface area (Å²) in [6.45, 7) is 15.4. The van der Waals surface area contributed by atoms with Crippen LogP contribution in [0.4, 0.5) is 0 Å². The molecule has 0 atom stereocenters. The van der Waals surface area contributed by atoms with E-state index in [0.717, 1.165) is 10.0 Å². The second-order valence-corrected chi connectivity index (χ2v) is 12.7. The standard InChI is InChI=1S/C15H26BrNO2Si/c1-14(2,3)20(7,8)19-15(4,5)12-9-11(16)10-17-13(12)18-6/h9-10H,1-8H3. The van der Waals surface area contributed by atoms with Crippen LogP contribution in [0, 0.1) is 0 Å². The number of hydrogen-bond acceptors (Lipinski definition) is 3. The number of ether oxygens (including phenoxy) is 1. The fourth-order valence-corrected chi connectivity index (χ4v) is 3.89. The van der Waals surface area contributed by atoms with Crippen LogP contribution in [0.2, 0.25) is 18.1 Å². The molecule has 1 aromatic rings. The van der Waals surface area contributed by atoms with E-state index < -0.39 is 13.9 Å². The Hall–Kier alpha value is -0.393. The normalized spacial score (nSPS) is 13.4. The van der Waals surface area contributed by atoms with E-state index in [4.69, 9.17) is 9.16 Å². The molecule has 0 N–H and O–H groups in total. The van der Waals surface area contributed by atoms with Crippen LogP contribution >= 0.6 is 15.9 Å². The molecule has 5 heteroatoms. The van der Waals surface area contributed by atoms with Gasteiger partial charge in [0.05, 0.1) is 12.7 Å². The van der Waals surface area contributed by atoms with Gasteiger partial charge in [0.2, 0.25) is 5.88 Å². The zero-order valence-corrected chi connectivity index (χ0v) is 16.4. The highest BCUT2D eigenvalue weighted by molar-refractivity contribution is 9.10. The first-order valence-electron chi connectivity index (χ1n) is 6.81. The Kier molecular flexibility index (Phi) is 5.10. The molecule has 0 radical (unpaired) electrons. The van der Waals surface area contributed by atoms with E-state index in [-0.39, 0.29) is 5.04 Å². The molecule has 1 rings (SSSR count). The molecule has 0 bridgehead atoms. The first-order valence-corrected chi connectivity index (χ1v) is 10.5. The van der Waals surface area contributed by atoms with Gasteiger partial charge in [0, 0.05) is 16.2 Å². The lowest BCUT2D eigenvalue weighted by Gasteiger charge is -2.43. The minimum absolute atomic E-state index is 0.164. The van der Waals surface area contributed by atoms with Gasteiger partial charge in [-0.2, -0.15) is 0 Å². The molecule has 20 heavy (non-hydrogen) atoms. The van der Waals surface area contributed by atoms with Crippen molar-refractivity contribution in [3.8, 4) is 5.88 Å². The number of aromatic nitrogens is 1. The summed E-state index contributed by atoms with van der Waals surface area (Å²) in [6.07, 6.45) is 1.74. The molecule has 0 amide bonds. The third kappa shape index (κ3) is 3.83. The van der Waals surface area contributed by atoms with Crippen LogP contribution in [0.15, 0.2) is 16.7 Å². The molecular formula is C15H26BrNO2Si. The Morgan fingerprint density at radius 2 is 1.70 bits per heavy atom. The van der Waals surface area contributed by atoms with Crippen molar-refractivity contribution in [1.29, 1.82) is 0 Å². The fraction of sp³-hybridized carbons (Fsp3) is 0.667. The van der Waals surface area contributed by atoms with E-state index in [1.165, 1.54) is 0 Å². The van der Waals surface area contributed by atoms with Gasteiger partial charge < -0.3 is 9.16 Å². The first kappa shape index (κ1) is 17.7. The molecule has 0 saturated carbocycles. The lowest BCUT2D eigenvalue weighted by atomic mass is 10.00. The Balaban J connectivity index is 3.20. The van der Waals surface area contributed by atoms with Crippen LogP contribution in [0.5, 0.6) is 5.88 Å². The largest absolute Gasteiger partial charge is 0.481 e. The third-order valence-corrected chi connectivity index (χ3v) is 9.04. The van der Waals surface area contributed by atoms with E-state index in [0.29, 0.717) is 5.88 Å². The zero-order chi connectivity index (χ0) is 15.8. The Labute approximate surface area is 132 Å². The Bertz CT molecular complexity index is 481. The summed E-state index contributed by atoms with van der Waals surface area (Å²) in [6, 6.07) is 2.03. The fourth-order valence-electron chi connectivity index (χ4n) is 1.87. The molecular weight excluding hydrogens is 334 g/mol. The van der Waals surface area contributed by atoms with Gasteiger partial charge in [0.15, 0.2) is 8.32 Å². The minimum atomic E-state index is -1.87. The molecule has 0 unspecified atom stereocenters. The molecule has 0 fully saturated rings. The van der Waals surface area contributed by atoms with E-state index >= 15 is 0 Å². The summed E-state index contributed by atoms with van der Waals surface area (Å²) in [7, 11) is -0.234. The van der Waals surface area contributed by atoms with E-state index in [2.05, 4.69) is 68.6 Å². The number of pyridine rings is 1. The lowest BCUT2D eigenvalue weighted by Crippen LogP contribution is -2.46. The third-order valence-electron chi connectivity index (χ3n) is 3.98. The van der Waals surface area contributed by atoms with Gasteiger partial charge >= 0.3 is 0 Å². The van der Waals surface area contributed by atoms with Crippen LogP contribution in [0.3, 0.4) is 0 Å². The summed E-state index contributed by atoms with van der Waals surface area (Å²) < 4.78 is 12.9. The van der Waals surface area contributed by atoms with E-state index in [1.807, 2.05) is 6.07 Å². The van der Waals surface area contributed by atoms with Gasteiger partial charge in [-0.05, 0) is 54.0 Å². The van der Waals surface area contributed by atoms with Gasteiger partial charge in [-0.1, -0.05) is 20.8 Å². The maximum absolute atomic E-state index is 6.57. The molecule has 0 aromatic carbocycles. The summed E-state index contributed by atoms with van der Waals surface area (Å²) in [5.74, 6) is 0.622. The number of hydrogen-bond donors (Lipinski definition) is 0. The van der Waals surface area contributed by atoms with Gasteiger partial charge in [-0.3, -0.25) is 0 Å². The van der Waals surface area contributed by atoms with Crippen molar-refractivity contribution in [2.45, 2.75) is 58.4 Å². The summed E-state index contributed by atoms with van der Waals surface area (Å²) in [4.78, 5) is 4.32. The van der Waals surface area contributed by atoms with Crippen LogP contribution in [-0.2, 0) is 10.0 Å². The van der Waals surface area contributed by atoms with Gasteiger partial charge in [-0.15, -0.1) is 0 Å². The molecule has 0 aliphatic heterocycles. The van der Waals surface area contributed by atoms with Gasteiger partial charge in [-0.25, -0.2) is 4.98 Å². The number of rotatable bonds is 4. The van der Waals surface area contributed by atoms with Crippen LogP contribution in [0.25, 0.3) is 0 Å². The van der Waals surface area contributed by atoms with E-state index in [1.54, 1.807) is 13.3 Å². The average Bonchev–Trinajstić information content (AvgIpc) is 2.26. The van der Waals surface area contributed by atoms with Crippen molar-refractivity contribution in [1.82, 2.24) is 4.98 Å². The smallest absolute Gasteiger partial charge is 0.219 e. The van der Waals surface area contributed by atoms with Crippen molar-refractivity contribution in [3.05, 3.63) is 22.3 Å². The van der Waals surface area contributed by atoms with Crippen molar-refractivity contribution in [2.24, 2.45) is 0 Å². The molecule has 114 valence electrons. The number of nitrogens with zero attached hydrogens (tertiary/aromatic N) is 1. The highest BCUT2D eigenvalue weighted by atomic mass is 79.9. The molecule has 1 heterocycles. The summed E-state index contributed by atoms with van der Waals surface area (Å²) in [5.41, 5.74) is 0.532. The Morgan fingerprint density at radius 1 is 1.15 bits per heavy atom. The van der Waals surface area contributed by atoms with Crippen LogP contribution < -0.4 is 4.74 Å². The molecule has 3 nitrogen and oxygen atoms in total. The van der Waals surface area contributed by atoms with E-state index in [9.17, 15) is 0 Å². The lowest BCUT2D eigenvalue weighted by molar-refractivity contribution is 0.0864. The monoisotopic (exact) mass is 359 g/mol. The highest BCUT2D eigenvalue weighted by Crippen LogP contribution is 2.43. The van der Waals surface area contributed by atoms with Crippen molar-refractivity contribution >= 4 is 24.2 Å². The molecule has 1 aromatic heterocycles.